The van der Waals surface area contributed by atoms with Crippen LogP contribution in [0.5, 0.6) is 0 Å². The molecule has 68 valence electrons. The van der Waals surface area contributed by atoms with Gasteiger partial charge >= 0.3 is 0 Å². The van der Waals surface area contributed by atoms with Crippen molar-refractivity contribution in [3.8, 4) is 0 Å². The number of fused-ring (bicyclic) bond motifs is 1. The molecule has 2 rings (SSSR count). The molecule has 0 unspecified atom stereocenters. The van der Waals surface area contributed by atoms with E-state index in [0.717, 1.165) is 0 Å². The fourth-order valence-corrected chi connectivity index (χ4v) is 1.12. The van der Waals surface area contributed by atoms with Crippen LogP contribution in [0.4, 0.5) is 6.01 Å². The third-order valence-corrected chi connectivity index (χ3v) is 1.73. The molecule has 2 aromatic rings. The summed E-state index contributed by atoms with van der Waals surface area (Å²) in [5.41, 5.74) is 6.72. The van der Waals surface area contributed by atoms with E-state index in [9.17, 15) is 0 Å². The summed E-state index contributed by atoms with van der Waals surface area (Å²) in [5.74, 6) is 0. The van der Waals surface area contributed by atoms with Gasteiger partial charge in [-0.1, -0.05) is 6.07 Å². The Morgan fingerprint density at radius 2 is 2.15 bits per heavy atom. The summed E-state index contributed by atoms with van der Waals surface area (Å²) < 4.78 is 5.01. The van der Waals surface area contributed by atoms with Crippen molar-refractivity contribution in [2.75, 3.05) is 5.73 Å². The molecular weight excluding hydrogens is 172 g/mol. The highest BCUT2D eigenvalue weighted by Crippen LogP contribution is 2.20. The minimum atomic E-state index is -1.50. The average molecular weight is 180 g/mol. The molecule has 4 N–H and O–H groups in total. The summed E-state index contributed by atoms with van der Waals surface area (Å²) in [6.45, 7) is 0. The van der Waals surface area contributed by atoms with Gasteiger partial charge in [-0.05, 0) is 12.1 Å². The van der Waals surface area contributed by atoms with E-state index in [1.807, 2.05) is 0 Å². The monoisotopic (exact) mass is 180 g/mol. The smallest absolute Gasteiger partial charge is 0.292 e. The van der Waals surface area contributed by atoms with Crippen molar-refractivity contribution in [1.82, 2.24) is 4.98 Å². The maximum Gasteiger partial charge on any atom is 0.292 e. The van der Waals surface area contributed by atoms with Crippen molar-refractivity contribution < 1.29 is 14.6 Å². The zero-order valence-corrected chi connectivity index (χ0v) is 6.64. The van der Waals surface area contributed by atoms with Gasteiger partial charge in [0.1, 0.15) is 5.52 Å². The number of rotatable bonds is 1. The van der Waals surface area contributed by atoms with Gasteiger partial charge in [-0.2, -0.15) is 4.98 Å². The number of hydrogen-bond acceptors (Lipinski definition) is 5. The lowest BCUT2D eigenvalue weighted by Gasteiger charge is -2.00. The maximum absolute atomic E-state index is 8.86. The van der Waals surface area contributed by atoms with Crippen molar-refractivity contribution in [1.29, 1.82) is 0 Å². The van der Waals surface area contributed by atoms with Crippen molar-refractivity contribution in [2.45, 2.75) is 6.29 Å². The van der Waals surface area contributed by atoms with E-state index in [1.54, 1.807) is 6.07 Å². The predicted molar refractivity (Wildman–Crippen MR) is 45.6 cm³/mol. The number of aliphatic hydroxyl groups excluding tert-OH is 1. The number of anilines is 1. The van der Waals surface area contributed by atoms with Crippen LogP contribution < -0.4 is 5.73 Å². The molecule has 0 aliphatic carbocycles. The van der Waals surface area contributed by atoms with Gasteiger partial charge in [0.25, 0.3) is 6.01 Å². The van der Waals surface area contributed by atoms with Crippen LogP contribution in [0.3, 0.4) is 0 Å². The number of benzene rings is 1. The van der Waals surface area contributed by atoms with Crippen LogP contribution in [0.25, 0.3) is 11.1 Å². The van der Waals surface area contributed by atoms with E-state index in [-0.39, 0.29) is 6.01 Å². The molecule has 1 aromatic carbocycles. The van der Waals surface area contributed by atoms with Crippen LogP contribution in [0.2, 0.25) is 0 Å². The number of aromatic nitrogens is 1. The third kappa shape index (κ3) is 1.34. The van der Waals surface area contributed by atoms with Gasteiger partial charge in [0.15, 0.2) is 11.9 Å². The molecule has 0 spiro atoms. The van der Waals surface area contributed by atoms with Crippen LogP contribution in [-0.4, -0.2) is 15.2 Å². The first-order chi connectivity index (χ1) is 6.16. The minimum absolute atomic E-state index is 0.0691. The minimum Gasteiger partial charge on any atom is -0.424 e. The number of hydrogen-bond donors (Lipinski definition) is 3. The second kappa shape index (κ2) is 2.72. The summed E-state index contributed by atoms with van der Waals surface area (Å²) in [5, 5.41) is 17.7. The highest BCUT2D eigenvalue weighted by atomic mass is 16.5. The Bertz CT molecular complexity index is 436. The Morgan fingerprint density at radius 1 is 1.38 bits per heavy atom. The molecular formula is C8H8N2O3. The molecule has 13 heavy (non-hydrogen) atoms. The third-order valence-electron chi connectivity index (χ3n) is 1.73. The quantitative estimate of drug-likeness (QED) is 0.552. The molecule has 0 atom stereocenters. The summed E-state index contributed by atoms with van der Waals surface area (Å²) in [4.78, 5) is 3.85. The lowest BCUT2D eigenvalue weighted by Crippen LogP contribution is -1.93. The van der Waals surface area contributed by atoms with Gasteiger partial charge in [-0.15, -0.1) is 0 Å². The Kier molecular flexibility index (Phi) is 1.68. The molecule has 1 aromatic heterocycles. The van der Waals surface area contributed by atoms with Crippen LogP contribution in [-0.2, 0) is 0 Å². The van der Waals surface area contributed by atoms with Gasteiger partial charge in [0, 0.05) is 5.56 Å². The largest absolute Gasteiger partial charge is 0.424 e. The predicted octanol–water partition coefficient (Wildman–Crippen LogP) is 0.393. The molecule has 0 aliphatic rings. The number of nitrogens with two attached hydrogens (primary N) is 1. The van der Waals surface area contributed by atoms with E-state index >= 15 is 0 Å². The lowest BCUT2D eigenvalue weighted by molar-refractivity contribution is -0.0424. The first-order valence-electron chi connectivity index (χ1n) is 3.69. The standard InChI is InChI=1S/C8H8N2O3/c9-8-10-5-3-4(7(11)12)1-2-6(5)13-8/h1-3,7,11-12H,(H2,9,10). The van der Waals surface area contributed by atoms with Crippen LogP contribution in [0.1, 0.15) is 11.9 Å². The first-order valence-corrected chi connectivity index (χ1v) is 3.69. The molecule has 5 nitrogen and oxygen atoms in total. The van der Waals surface area contributed by atoms with Gasteiger partial charge in [-0.3, -0.25) is 0 Å². The Hall–Kier alpha value is -1.59. The number of nitrogen functional groups attached to an aromatic ring is 1. The van der Waals surface area contributed by atoms with Gasteiger partial charge in [-0.25, -0.2) is 0 Å². The fourth-order valence-electron chi connectivity index (χ4n) is 1.12. The van der Waals surface area contributed by atoms with Crippen LogP contribution in [0, 0.1) is 0 Å². The Labute approximate surface area is 73.4 Å². The molecule has 0 radical (unpaired) electrons. The molecule has 0 fully saturated rings. The first kappa shape index (κ1) is 8.03. The summed E-state index contributed by atoms with van der Waals surface area (Å²) in [6, 6.07) is 4.71. The molecule has 0 amide bonds. The Balaban J connectivity index is 2.61. The maximum atomic E-state index is 8.86. The van der Waals surface area contributed by atoms with E-state index < -0.39 is 6.29 Å². The Morgan fingerprint density at radius 3 is 2.85 bits per heavy atom. The second-order valence-corrected chi connectivity index (χ2v) is 2.65. The summed E-state index contributed by atoms with van der Waals surface area (Å²) in [7, 11) is 0. The van der Waals surface area contributed by atoms with Crippen LogP contribution in [0.15, 0.2) is 22.6 Å². The van der Waals surface area contributed by atoms with Gasteiger partial charge in [0.05, 0.1) is 0 Å². The SMILES string of the molecule is Nc1nc2cc(C(O)O)ccc2o1. The molecule has 0 bridgehead atoms. The molecule has 5 heteroatoms. The van der Waals surface area contributed by atoms with E-state index in [0.29, 0.717) is 16.7 Å². The fraction of sp³-hybridized carbons (Fsp3) is 0.125. The molecule has 0 saturated carbocycles. The van der Waals surface area contributed by atoms with Crippen molar-refractivity contribution in [3.05, 3.63) is 23.8 Å². The van der Waals surface area contributed by atoms with E-state index in [2.05, 4.69) is 4.98 Å². The molecule has 1 heterocycles. The highest BCUT2D eigenvalue weighted by Gasteiger charge is 2.07. The number of aliphatic hydroxyl groups is 2. The normalized spacial score (nSPS) is 11.3. The zero-order valence-electron chi connectivity index (χ0n) is 6.64. The van der Waals surface area contributed by atoms with Crippen molar-refractivity contribution >= 4 is 17.1 Å². The highest BCUT2D eigenvalue weighted by molar-refractivity contribution is 5.74. The number of nitrogens with zero attached hydrogens (tertiary/aromatic N) is 1. The zero-order chi connectivity index (χ0) is 9.42. The lowest BCUT2D eigenvalue weighted by atomic mass is 10.2. The molecule has 0 saturated heterocycles. The second-order valence-electron chi connectivity index (χ2n) is 2.65. The molecule has 0 aliphatic heterocycles. The van der Waals surface area contributed by atoms with E-state index in [4.69, 9.17) is 20.4 Å². The number of oxazole rings is 1. The van der Waals surface area contributed by atoms with Gasteiger partial charge in [0.2, 0.25) is 0 Å². The van der Waals surface area contributed by atoms with Crippen molar-refractivity contribution in [3.63, 3.8) is 0 Å². The summed E-state index contributed by atoms with van der Waals surface area (Å²) >= 11 is 0. The average Bonchev–Trinajstić information content (AvgIpc) is 2.42. The summed E-state index contributed by atoms with van der Waals surface area (Å²) in [6.07, 6.45) is -1.50. The van der Waals surface area contributed by atoms with Crippen molar-refractivity contribution in [2.24, 2.45) is 0 Å². The van der Waals surface area contributed by atoms with Crippen LogP contribution >= 0.6 is 0 Å². The van der Waals surface area contributed by atoms with Gasteiger partial charge < -0.3 is 20.4 Å². The van der Waals surface area contributed by atoms with E-state index in [1.165, 1.54) is 12.1 Å². The topological polar surface area (TPSA) is 92.5 Å².